The van der Waals surface area contributed by atoms with Crippen molar-refractivity contribution in [2.45, 2.75) is 241 Å². The molecule has 16 amide bonds. The Morgan fingerprint density at radius 3 is 1.58 bits per heavy atom. The number of aromatic nitrogens is 4. The highest BCUT2D eigenvalue weighted by Crippen LogP contribution is 2.30. The molecule has 3 aromatic carbocycles. The Hall–Kier alpha value is -13.5. The molecule has 0 unspecified atom stereocenters. The van der Waals surface area contributed by atoms with Crippen LogP contribution in [0.2, 0.25) is 0 Å². The van der Waals surface area contributed by atoms with Gasteiger partial charge in [-0.3, -0.25) is 86.9 Å². The molecule has 0 aliphatic carbocycles. The lowest BCUT2D eigenvalue weighted by Gasteiger charge is -2.36. The summed E-state index contributed by atoms with van der Waals surface area (Å²) in [6.07, 6.45) is 6.12. The molecule has 136 heavy (non-hydrogen) atoms. The van der Waals surface area contributed by atoms with E-state index in [9.17, 15) is 39.0 Å². The second-order valence-corrected chi connectivity index (χ2v) is 36.7. The standard InChI is InChI=1S/C93H129N23O19S/c1-7-9-24-71-84(127)105-63(23-15-33-99-93(96)97)82(125)111-70(81(124)102-47-78(95)121)49-136-50-79(122)104-67(38-53-29-31-58(118)32-30-53)90(133)115-35-18-28-74(115)87(130)110-69(43-77(94)120)91(134)116-36-17-27-73(116)86(129)107-65(42-57-46-98-51-103-57)83(126)109-66(37-52(3)4)89(132)114-34-16-26-72(114)85(128)106-64(39-54-44-100-61-21-13-11-19-59(54)61)76(119)41-56(48-117)80(123)108-68(40-55-45-101-62-22-14-12-20-60(55)62)88(131)113(6)75(25-10-8-2)92(135)112(71)5/h11-14,19-22,29-32,44-46,51-52,56,63-75,100-101,117-118H,7-10,15-18,23-28,33-43,47-50H2,1-6H3,(H2,94,120)(H2,95,121)(H,98,103)(H,102,124)(H,104,122)(H,105,127)(H,106,128)(H,107,129)(H,108,123)(H,109,126)(H,110,130)(H,111,125)(H4,96,97,99)/t56-,63-,64-,65-,66-,67-,68-,69-,70-,71-,72-,73-,74-,75-/m0/s1. The molecule has 6 aromatic rings. The Labute approximate surface area is 791 Å². The minimum Gasteiger partial charge on any atom is -0.508 e. The molecule has 0 saturated carbocycles. The lowest BCUT2D eigenvalue weighted by molar-refractivity contribution is -0.149. The number of benzene rings is 3. The summed E-state index contributed by atoms with van der Waals surface area (Å²) in [6.45, 7) is 5.51. The van der Waals surface area contributed by atoms with Crippen molar-refractivity contribution in [1.82, 2.24) is 97.6 Å². The van der Waals surface area contributed by atoms with E-state index in [1.807, 2.05) is 19.9 Å². The lowest BCUT2D eigenvalue weighted by atomic mass is 9.93. The minimum atomic E-state index is -1.73. The maximum Gasteiger partial charge on any atom is 0.246 e. The van der Waals surface area contributed by atoms with Gasteiger partial charge < -0.3 is 120 Å². The number of aromatic hydroxyl groups is 1. The number of imidazole rings is 1. The first-order valence-corrected chi connectivity index (χ1v) is 47.6. The van der Waals surface area contributed by atoms with Crippen molar-refractivity contribution >= 4 is 140 Å². The van der Waals surface area contributed by atoms with Gasteiger partial charge in [-0.25, -0.2) is 4.98 Å². The number of aromatic amines is 3. The van der Waals surface area contributed by atoms with Crippen LogP contribution in [0.15, 0.2) is 97.7 Å². The summed E-state index contributed by atoms with van der Waals surface area (Å²) in [4.78, 5) is 271. The van der Waals surface area contributed by atoms with Crippen molar-refractivity contribution in [1.29, 1.82) is 5.41 Å². The summed E-state index contributed by atoms with van der Waals surface area (Å²) < 4.78 is 0. The first-order chi connectivity index (χ1) is 65.1. The number of fused-ring (bicyclic) bond motifs is 5. The number of carbonyl (C=O) groups is 17. The van der Waals surface area contributed by atoms with Crippen molar-refractivity contribution in [2.24, 2.45) is 29.0 Å². The van der Waals surface area contributed by atoms with Crippen LogP contribution in [0.25, 0.3) is 21.8 Å². The number of nitrogens with two attached hydrogens (primary N) is 3. The van der Waals surface area contributed by atoms with Crippen LogP contribution in [0.5, 0.6) is 5.75 Å². The van der Waals surface area contributed by atoms with E-state index >= 15 is 52.7 Å². The number of aliphatic hydroxyl groups excluding tert-OH is 1. The number of likely N-dealkylation sites (N-methyl/N-ethyl adjacent to an activating group) is 2. The number of carbonyl (C=O) groups excluding carboxylic acids is 17. The normalized spacial score (nSPS) is 24.6. The molecule has 0 spiro atoms. The number of Topliss-reactive ketones (excluding diaryl/α,β-unsaturated/α-hetero) is 1. The molecule has 43 heteroatoms. The highest BCUT2D eigenvalue weighted by molar-refractivity contribution is 8.00. The number of hydrogen-bond donors (Lipinski definition) is 19. The number of thioether (sulfide) groups is 1. The monoisotopic (exact) mass is 1900 g/mol. The van der Waals surface area contributed by atoms with Crippen LogP contribution in [0.1, 0.15) is 159 Å². The van der Waals surface area contributed by atoms with Crippen LogP contribution in [-0.4, -0.2) is 304 Å². The zero-order chi connectivity index (χ0) is 98.6. The predicted octanol–water partition coefficient (Wildman–Crippen LogP) is -0.665. The van der Waals surface area contributed by atoms with Gasteiger partial charge in [-0.15, -0.1) is 11.8 Å². The van der Waals surface area contributed by atoms with Gasteiger partial charge in [-0.2, -0.15) is 0 Å². The van der Waals surface area contributed by atoms with Crippen molar-refractivity contribution in [3.05, 3.63) is 120 Å². The molecule has 736 valence electrons. The van der Waals surface area contributed by atoms with Gasteiger partial charge in [-0.05, 0) is 118 Å². The van der Waals surface area contributed by atoms with Gasteiger partial charge in [0.25, 0.3) is 0 Å². The first-order valence-electron chi connectivity index (χ1n) is 46.4. The molecule has 4 fully saturated rings. The van der Waals surface area contributed by atoms with Crippen LogP contribution in [0.4, 0.5) is 0 Å². The summed E-state index contributed by atoms with van der Waals surface area (Å²) >= 11 is 0.787. The Morgan fingerprint density at radius 1 is 0.529 bits per heavy atom. The second-order valence-electron chi connectivity index (χ2n) is 35.6. The number of primary amides is 2. The average molecular weight is 1910 g/mol. The highest BCUT2D eigenvalue weighted by Gasteiger charge is 2.47. The molecular formula is C93H129N23O19S. The molecule has 42 nitrogen and oxygen atoms in total. The smallest absolute Gasteiger partial charge is 0.246 e. The van der Waals surface area contributed by atoms with Crippen LogP contribution < -0.4 is 70.4 Å². The number of nitrogens with one attached hydrogen (secondary N) is 14. The molecule has 4 saturated heterocycles. The number of nitrogens with zero attached hydrogens (tertiary/aromatic N) is 6. The molecule has 14 atom stereocenters. The van der Waals surface area contributed by atoms with E-state index in [1.54, 1.807) is 68.7 Å². The number of phenolic OH excluding ortho intramolecular Hbond substituents is 1. The van der Waals surface area contributed by atoms with Gasteiger partial charge in [-0.1, -0.05) is 102 Å². The first kappa shape index (κ1) is 105. The Kier molecular flexibility index (Phi) is 38.6. The van der Waals surface area contributed by atoms with Crippen molar-refractivity contribution < 1.29 is 91.7 Å². The number of para-hydroxylation sites is 2. The third-order valence-corrected chi connectivity index (χ3v) is 26.2. The number of rotatable bonds is 26. The summed E-state index contributed by atoms with van der Waals surface area (Å²) in [5, 5.41) is 57.9. The fourth-order valence-corrected chi connectivity index (χ4v) is 18.7. The van der Waals surface area contributed by atoms with E-state index in [0.717, 1.165) is 16.7 Å². The molecule has 22 N–H and O–H groups in total. The van der Waals surface area contributed by atoms with Crippen molar-refractivity contribution in [3.63, 3.8) is 0 Å². The molecule has 7 heterocycles. The maximum atomic E-state index is 15.8. The van der Waals surface area contributed by atoms with Crippen molar-refractivity contribution in [2.75, 3.05) is 64.9 Å². The van der Waals surface area contributed by atoms with Gasteiger partial charge in [0.15, 0.2) is 11.7 Å². The summed E-state index contributed by atoms with van der Waals surface area (Å²) in [7, 11) is 2.74. The summed E-state index contributed by atoms with van der Waals surface area (Å²) in [6, 6.07) is 1.22. The van der Waals surface area contributed by atoms with Gasteiger partial charge in [0.1, 0.15) is 78.3 Å². The number of amides is 16. The lowest BCUT2D eigenvalue weighted by Crippen LogP contribution is -2.60. The zero-order valence-electron chi connectivity index (χ0n) is 77.6. The number of phenols is 1. The fourth-order valence-electron chi connectivity index (χ4n) is 17.9. The summed E-state index contributed by atoms with van der Waals surface area (Å²) in [5.74, 6) is -18.0. The summed E-state index contributed by atoms with van der Waals surface area (Å²) in [5.41, 5.74) is 20.1. The topological polar surface area (TPSA) is 629 Å². The van der Waals surface area contributed by atoms with Crippen molar-refractivity contribution in [3.8, 4) is 5.75 Å². The van der Waals surface area contributed by atoms with Crippen LogP contribution in [-0.2, 0) is 107 Å². The SMILES string of the molecule is CCCC[C@H]1C(=O)N(C)[C@@H](CCCC)C(=O)N[C@@H](CCCNC(=N)N)C(=O)N[C@H](C(=O)NCC(N)=O)CSCC(=O)N[C@@H](Cc2ccc(O)cc2)C(=O)N2CCC[C@H]2C(=O)N[C@@H](CC(N)=O)C(=O)N2CCC[C@H]2C(=O)N[C@@H](Cc2cnc[nH]2)C(=O)N[C@@H](CC(C)C)C(=O)N2CCC[C@H]2C(=O)N[C@@H](Cc2c[nH]c3ccccc23)C(=O)C[C@@H](CO)C(=O)N[C@@H](Cc2c[nH]c3ccccc23)C(=O)N1C. The number of unbranched alkanes of at least 4 members (excludes halogenated alkanes) is 2. The van der Waals surface area contributed by atoms with Crippen LogP contribution in [0, 0.1) is 17.2 Å². The van der Waals surface area contributed by atoms with E-state index in [1.165, 1.54) is 70.5 Å². The molecule has 3 aromatic heterocycles. The number of H-pyrrole nitrogens is 3. The number of aliphatic hydroxyl groups is 1. The van der Waals surface area contributed by atoms with E-state index in [-0.39, 0.29) is 134 Å². The molecule has 4 aliphatic heterocycles. The fraction of sp³-hybridized carbons (Fsp3) is 0.538. The van der Waals surface area contributed by atoms with E-state index in [0.29, 0.717) is 69.9 Å². The highest BCUT2D eigenvalue weighted by atomic mass is 32.2. The predicted molar refractivity (Wildman–Crippen MR) is 502 cm³/mol. The molecule has 0 radical (unpaired) electrons. The molecule has 4 aliphatic rings. The number of hydrogen-bond acceptors (Lipinski definition) is 22. The Balaban J connectivity index is 1.02. The minimum absolute atomic E-state index is 0.00115. The maximum absolute atomic E-state index is 15.8. The molecule has 10 rings (SSSR count). The van der Waals surface area contributed by atoms with E-state index < -0.39 is 228 Å². The Morgan fingerprint density at radius 2 is 1.04 bits per heavy atom. The van der Waals surface area contributed by atoms with Crippen LogP contribution in [0.3, 0.4) is 0 Å². The van der Waals surface area contributed by atoms with Gasteiger partial charge in [0.05, 0.1) is 43.6 Å². The average Bonchev–Trinajstić information content (AvgIpc) is 1.63. The van der Waals surface area contributed by atoms with Gasteiger partial charge in [0.2, 0.25) is 94.5 Å². The third kappa shape index (κ3) is 28.6. The third-order valence-electron chi connectivity index (χ3n) is 25.1. The van der Waals surface area contributed by atoms with E-state index in [2.05, 4.69) is 73.1 Å². The molecule has 0 bridgehead atoms. The van der Waals surface area contributed by atoms with E-state index in [4.69, 9.17) is 22.6 Å². The zero-order valence-corrected chi connectivity index (χ0v) is 78.4. The second kappa shape index (κ2) is 50.2. The van der Waals surface area contributed by atoms with Gasteiger partial charge in [0, 0.05) is 124 Å². The quantitative estimate of drug-likeness (QED) is 0.0182. The largest absolute Gasteiger partial charge is 0.508 e. The number of guanidine groups is 1. The Bertz CT molecular complexity index is 5260. The number of ketones is 1. The molecular weight excluding hydrogens is 1780 g/mol. The van der Waals surface area contributed by atoms with Crippen LogP contribution >= 0.6 is 11.8 Å². The van der Waals surface area contributed by atoms with Gasteiger partial charge >= 0.3 is 0 Å².